The van der Waals surface area contributed by atoms with Crippen LogP contribution >= 0.6 is 0 Å². The molecule has 0 spiro atoms. The number of nitrogens with zero attached hydrogens (tertiary/aromatic N) is 1. The first-order chi connectivity index (χ1) is 6.88. The maximum Gasteiger partial charge on any atom is 0.323 e. The second-order valence-corrected chi connectivity index (χ2v) is 5.52. The fourth-order valence-electron chi connectivity index (χ4n) is 2.44. The highest BCUT2D eigenvalue weighted by molar-refractivity contribution is 5.76. The zero-order chi connectivity index (χ0) is 11.6. The quantitative estimate of drug-likeness (QED) is 0.658. The maximum absolute atomic E-state index is 11.8. The summed E-state index contributed by atoms with van der Waals surface area (Å²) in [6.07, 6.45) is 2.37. The molecule has 2 atom stereocenters. The van der Waals surface area contributed by atoms with Crippen molar-refractivity contribution < 1.29 is 9.53 Å². The van der Waals surface area contributed by atoms with Gasteiger partial charge in [0, 0.05) is 6.04 Å². The van der Waals surface area contributed by atoms with Crippen molar-refractivity contribution in [2.24, 2.45) is 5.41 Å². The lowest BCUT2D eigenvalue weighted by molar-refractivity contribution is -0.151. The molecule has 0 aromatic heterocycles. The molecule has 1 rings (SSSR count). The minimum atomic E-state index is -0.111. The van der Waals surface area contributed by atoms with Crippen LogP contribution in [0.25, 0.3) is 0 Å². The Morgan fingerprint density at radius 2 is 2.07 bits per heavy atom. The molecule has 1 aliphatic rings. The molecule has 1 saturated heterocycles. The molecular weight excluding hydrogens is 190 g/mol. The Balaban J connectivity index is 2.85. The second-order valence-electron chi connectivity index (χ2n) is 5.52. The zero-order valence-electron chi connectivity index (χ0n) is 10.5. The number of ether oxygens (including phenoxy) is 1. The third kappa shape index (κ3) is 2.71. The van der Waals surface area contributed by atoms with Gasteiger partial charge in [0.05, 0.1) is 7.11 Å². The summed E-state index contributed by atoms with van der Waals surface area (Å²) in [5, 5.41) is 0. The van der Waals surface area contributed by atoms with Crippen molar-refractivity contribution in [1.82, 2.24) is 4.90 Å². The van der Waals surface area contributed by atoms with E-state index in [1.807, 2.05) is 0 Å². The summed E-state index contributed by atoms with van der Waals surface area (Å²) in [6, 6.07) is 0.383. The molecule has 1 fully saturated rings. The number of hydrogen-bond acceptors (Lipinski definition) is 3. The first-order valence-electron chi connectivity index (χ1n) is 5.71. The predicted octanol–water partition coefficient (Wildman–Crippen LogP) is 2.06. The number of rotatable bonds is 2. The highest BCUT2D eigenvalue weighted by Gasteiger charge is 2.40. The molecule has 1 aliphatic heterocycles. The van der Waals surface area contributed by atoms with Crippen molar-refractivity contribution in [2.45, 2.75) is 52.6 Å². The minimum absolute atomic E-state index is 0.0638. The average molecular weight is 213 g/mol. The predicted molar refractivity (Wildman–Crippen MR) is 60.7 cm³/mol. The summed E-state index contributed by atoms with van der Waals surface area (Å²) in [5.41, 5.74) is -0.0638. The molecule has 0 aromatic rings. The number of likely N-dealkylation sites (tertiary alicyclic amines) is 1. The average Bonchev–Trinajstić information content (AvgIpc) is 2.50. The molecule has 0 aromatic carbocycles. The van der Waals surface area contributed by atoms with E-state index in [1.54, 1.807) is 0 Å². The molecule has 15 heavy (non-hydrogen) atoms. The van der Waals surface area contributed by atoms with E-state index in [2.05, 4.69) is 32.6 Å². The molecule has 0 unspecified atom stereocenters. The lowest BCUT2D eigenvalue weighted by atomic mass is 9.85. The fourth-order valence-corrected chi connectivity index (χ4v) is 2.44. The van der Waals surface area contributed by atoms with Gasteiger partial charge in [-0.15, -0.1) is 0 Å². The molecule has 0 aliphatic carbocycles. The van der Waals surface area contributed by atoms with E-state index in [9.17, 15) is 4.79 Å². The number of carbonyl (C=O) groups is 1. The van der Waals surface area contributed by atoms with Crippen LogP contribution in [0.3, 0.4) is 0 Å². The summed E-state index contributed by atoms with van der Waals surface area (Å²) in [6.45, 7) is 9.49. The highest BCUT2D eigenvalue weighted by atomic mass is 16.5. The van der Waals surface area contributed by atoms with Crippen molar-refractivity contribution in [3.8, 4) is 0 Å². The standard InChI is InChI=1S/C12H23NO2/c1-9-7-6-8-13(9)10(11(14)15-5)12(2,3)4/h9-10H,6-8H2,1-5H3/t9-,10-/m1/s1. The van der Waals surface area contributed by atoms with Gasteiger partial charge < -0.3 is 4.74 Å². The molecule has 3 nitrogen and oxygen atoms in total. The Labute approximate surface area is 92.8 Å². The van der Waals surface area contributed by atoms with Crippen LogP contribution in [0.15, 0.2) is 0 Å². The van der Waals surface area contributed by atoms with E-state index in [0.717, 1.165) is 6.54 Å². The van der Waals surface area contributed by atoms with Crippen LogP contribution in [0.4, 0.5) is 0 Å². The molecule has 0 radical (unpaired) electrons. The first-order valence-corrected chi connectivity index (χ1v) is 5.71. The minimum Gasteiger partial charge on any atom is -0.468 e. The van der Waals surface area contributed by atoms with E-state index >= 15 is 0 Å². The van der Waals surface area contributed by atoms with Crippen LogP contribution in [-0.4, -0.2) is 36.6 Å². The second kappa shape index (κ2) is 4.52. The third-order valence-electron chi connectivity index (χ3n) is 3.18. The normalized spacial score (nSPS) is 25.3. The Morgan fingerprint density at radius 3 is 2.40 bits per heavy atom. The van der Waals surface area contributed by atoms with Gasteiger partial charge in [-0.2, -0.15) is 0 Å². The van der Waals surface area contributed by atoms with Crippen molar-refractivity contribution >= 4 is 5.97 Å². The summed E-state index contributed by atoms with van der Waals surface area (Å²) < 4.78 is 4.92. The number of methoxy groups -OCH3 is 1. The van der Waals surface area contributed by atoms with Crippen molar-refractivity contribution in [2.75, 3.05) is 13.7 Å². The summed E-state index contributed by atoms with van der Waals surface area (Å²) in [5.74, 6) is -0.101. The molecule has 88 valence electrons. The summed E-state index contributed by atoms with van der Waals surface area (Å²) in [7, 11) is 1.47. The largest absolute Gasteiger partial charge is 0.468 e. The highest BCUT2D eigenvalue weighted by Crippen LogP contribution is 2.31. The van der Waals surface area contributed by atoms with Gasteiger partial charge in [-0.1, -0.05) is 20.8 Å². The van der Waals surface area contributed by atoms with Crippen LogP contribution in [0.2, 0.25) is 0 Å². The topological polar surface area (TPSA) is 29.5 Å². The Hall–Kier alpha value is -0.570. The Morgan fingerprint density at radius 1 is 1.47 bits per heavy atom. The van der Waals surface area contributed by atoms with Crippen LogP contribution in [0, 0.1) is 5.41 Å². The number of hydrogen-bond donors (Lipinski definition) is 0. The molecule has 0 saturated carbocycles. The van der Waals surface area contributed by atoms with Crippen LogP contribution in [0.5, 0.6) is 0 Å². The van der Waals surface area contributed by atoms with Gasteiger partial charge in [-0.05, 0) is 31.7 Å². The van der Waals surface area contributed by atoms with E-state index in [-0.39, 0.29) is 17.4 Å². The monoisotopic (exact) mass is 213 g/mol. The SMILES string of the molecule is COC(=O)[C@@H](N1CCC[C@H]1C)C(C)(C)C. The lowest BCUT2D eigenvalue weighted by Crippen LogP contribution is -2.51. The summed E-state index contributed by atoms with van der Waals surface area (Å²) in [4.78, 5) is 14.1. The van der Waals surface area contributed by atoms with E-state index in [1.165, 1.54) is 20.0 Å². The van der Waals surface area contributed by atoms with Crippen molar-refractivity contribution in [3.05, 3.63) is 0 Å². The van der Waals surface area contributed by atoms with Gasteiger partial charge >= 0.3 is 5.97 Å². The van der Waals surface area contributed by atoms with Crippen molar-refractivity contribution in [3.63, 3.8) is 0 Å². The summed E-state index contributed by atoms with van der Waals surface area (Å²) >= 11 is 0. The molecule has 0 N–H and O–H groups in total. The molecule has 1 heterocycles. The number of carbonyl (C=O) groups excluding carboxylic acids is 1. The number of esters is 1. The van der Waals surface area contributed by atoms with Gasteiger partial charge in [0.1, 0.15) is 6.04 Å². The van der Waals surface area contributed by atoms with Crippen LogP contribution < -0.4 is 0 Å². The van der Waals surface area contributed by atoms with E-state index in [0.29, 0.717) is 6.04 Å². The maximum atomic E-state index is 11.8. The van der Waals surface area contributed by atoms with E-state index in [4.69, 9.17) is 4.74 Å². The molecule has 3 heteroatoms. The Bertz CT molecular complexity index is 232. The third-order valence-corrected chi connectivity index (χ3v) is 3.18. The lowest BCUT2D eigenvalue weighted by Gasteiger charge is -2.38. The Kier molecular flexibility index (Phi) is 3.77. The van der Waals surface area contributed by atoms with Gasteiger partial charge in [0.25, 0.3) is 0 Å². The van der Waals surface area contributed by atoms with E-state index < -0.39 is 0 Å². The first kappa shape index (κ1) is 12.5. The smallest absolute Gasteiger partial charge is 0.323 e. The van der Waals surface area contributed by atoms with Crippen LogP contribution in [0.1, 0.15) is 40.5 Å². The van der Waals surface area contributed by atoms with Gasteiger partial charge in [0.15, 0.2) is 0 Å². The molecule has 0 bridgehead atoms. The zero-order valence-corrected chi connectivity index (χ0v) is 10.5. The van der Waals surface area contributed by atoms with Crippen molar-refractivity contribution in [1.29, 1.82) is 0 Å². The fraction of sp³-hybridized carbons (Fsp3) is 0.917. The van der Waals surface area contributed by atoms with Gasteiger partial charge in [0.2, 0.25) is 0 Å². The molecular formula is C12H23NO2. The van der Waals surface area contributed by atoms with Gasteiger partial charge in [-0.25, -0.2) is 0 Å². The van der Waals surface area contributed by atoms with Gasteiger partial charge in [-0.3, -0.25) is 9.69 Å². The van der Waals surface area contributed by atoms with Crippen LogP contribution in [-0.2, 0) is 9.53 Å². The molecule has 0 amide bonds.